The van der Waals surface area contributed by atoms with Crippen molar-refractivity contribution in [2.75, 3.05) is 36.0 Å². The maximum atomic E-state index is 13.3. The third-order valence-electron chi connectivity index (χ3n) is 5.71. The van der Waals surface area contributed by atoms with E-state index in [1.807, 2.05) is 25.3 Å². The minimum atomic E-state index is -3.58. The smallest absolute Gasteiger partial charge is 0.256 e. The second-order valence-electron chi connectivity index (χ2n) is 8.31. The molecule has 1 fully saturated rings. The van der Waals surface area contributed by atoms with E-state index in [1.165, 1.54) is 23.1 Å². The molecule has 2 atom stereocenters. The summed E-state index contributed by atoms with van der Waals surface area (Å²) in [6.07, 6.45) is 3.79. The third kappa shape index (κ3) is 5.54. The first-order valence-electron chi connectivity index (χ1n) is 10.4. The fourth-order valence-corrected chi connectivity index (χ4v) is 4.56. The molecule has 0 aliphatic carbocycles. The van der Waals surface area contributed by atoms with Gasteiger partial charge in [0.1, 0.15) is 5.82 Å². The predicted octanol–water partition coefficient (Wildman–Crippen LogP) is 2.55. The number of nitrogens with two attached hydrogens (primary N) is 1. The topological polar surface area (TPSA) is 126 Å². The van der Waals surface area contributed by atoms with Gasteiger partial charge in [0.05, 0.1) is 29.2 Å². The van der Waals surface area contributed by atoms with E-state index >= 15 is 0 Å². The van der Waals surface area contributed by atoms with E-state index in [4.69, 9.17) is 22.3 Å². The molecule has 10 nitrogen and oxygen atoms in total. The van der Waals surface area contributed by atoms with Crippen LogP contribution in [0.3, 0.4) is 0 Å². The van der Waals surface area contributed by atoms with E-state index in [9.17, 15) is 13.2 Å². The molecular formula is C21H27Cl2N7O3S. The number of amides is 1. The van der Waals surface area contributed by atoms with Crippen LogP contribution in [0.15, 0.2) is 36.5 Å². The van der Waals surface area contributed by atoms with Crippen LogP contribution in [0.2, 0.25) is 5.02 Å². The SMILES string of the molecule is C[C@@H](c1cc2nc(N3CC[C@H](N)C3)ccn2n1)N(C)C(=O)c1cc(Cl)ccc1NS(C)(=O)=O.Cl. The molecule has 0 spiro atoms. The zero-order chi connectivity index (χ0) is 23.9. The molecule has 0 bridgehead atoms. The largest absolute Gasteiger partial charge is 0.355 e. The first-order valence-corrected chi connectivity index (χ1v) is 12.7. The molecule has 0 saturated carbocycles. The number of hydrogen-bond acceptors (Lipinski definition) is 7. The molecule has 0 radical (unpaired) electrons. The first-order chi connectivity index (χ1) is 15.5. The zero-order valence-corrected chi connectivity index (χ0v) is 21.4. The van der Waals surface area contributed by atoms with Crippen molar-refractivity contribution in [2.45, 2.75) is 25.4 Å². The van der Waals surface area contributed by atoms with E-state index in [0.29, 0.717) is 16.4 Å². The molecule has 2 aromatic heterocycles. The highest BCUT2D eigenvalue weighted by molar-refractivity contribution is 7.92. The lowest BCUT2D eigenvalue weighted by molar-refractivity contribution is 0.0740. The molecule has 34 heavy (non-hydrogen) atoms. The number of benzene rings is 1. The van der Waals surface area contributed by atoms with Gasteiger partial charge in [-0.3, -0.25) is 9.52 Å². The molecule has 4 rings (SSSR count). The van der Waals surface area contributed by atoms with E-state index in [-0.39, 0.29) is 29.7 Å². The van der Waals surface area contributed by atoms with Gasteiger partial charge in [0.25, 0.3) is 5.91 Å². The number of nitrogens with zero attached hydrogens (tertiary/aromatic N) is 5. The molecule has 1 amide bonds. The lowest BCUT2D eigenvalue weighted by Crippen LogP contribution is -2.31. The highest BCUT2D eigenvalue weighted by Crippen LogP contribution is 2.27. The summed E-state index contributed by atoms with van der Waals surface area (Å²) < 4.78 is 27.5. The Hall–Kier alpha value is -2.60. The van der Waals surface area contributed by atoms with E-state index in [0.717, 1.165) is 31.6 Å². The lowest BCUT2D eigenvalue weighted by atomic mass is 10.1. The number of fused-ring (bicyclic) bond motifs is 1. The summed E-state index contributed by atoms with van der Waals surface area (Å²) in [6.45, 7) is 3.47. The van der Waals surface area contributed by atoms with Gasteiger partial charge in [0.15, 0.2) is 5.65 Å². The zero-order valence-electron chi connectivity index (χ0n) is 19.0. The maximum Gasteiger partial charge on any atom is 0.256 e. The number of aromatic nitrogens is 3. The number of nitrogens with one attached hydrogen (secondary N) is 1. The lowest BCUT2D eigenvalue weighted by Gasteiger charge is -2.24. The van der Waals surface area contributed by atoms with Crippen molar-refractivity contribution in [2.24, 2.45) is 5.73 Å². The second kappa shape index (κ2) is 9.95. The number of carbonyl (C=O) groups is 1. The van der Waals surface area contributed by atoms with Crippen LogP contribution in [0.5, 0.6) is 0 Å². The Kier molecular flexibility index (Phi) is 7.61. The number of hydrogen-bond donors (Lipinski definition) is 2. The molecule has 0 unspecified atom stereocenters. The highest BCUT2D eigenvalue weighted by Gasteiger charge is 2.25. The van der Waals surface area contributed by atoms with Crippen LogP contribution in [0.25, 0.3) is 5.65 Å². The van der Waals surface area contributed by atoms with E-state index in [1.54, 1.807) is 11.6 Å². The number of carbonyl (C=O) groups excluding carboxylic acids is 1. The van der Waals surface area contributed by atoms with Crippen LogP contribution < -0.4 is 15.4 Å². The number of anilines is 2. The van der Waals surface area contributed by atoms with Crippen LogP contribution in [-0.4, -0.2) is 66.3 Å². The van der Waals surface area contributed by atoms with Crippen LogP contribution in [0, 0.1) is 0 Å². The summed E-state index contributed by atoms with van der Waals surface area (Å²) in [5, 5.41) is 4.90. The van der Waals surface area contributed by atoms with Crippen molar-refractivity contribution in [3.63, 3.8) is 0 Å². The summed E-state index contributed by atoms with van der Waals surface area (Å²) in [5.41, 5.74) is 7.64. The average molecular weight is 528 g/mol. The molecule has 3 aromatic rings. The molecule has 3 heterocycles. The minimum absolute atomic E-state index is 0. The van der Waals surface area contributed by atoms with Gasteiger partial charge in [-0.15, -0.1) is 12.4 Å². The number of sulfonamides is 1. The van der Waals surface area contributed by atoms with Gasteiger partial charge in [0, 0.05) is 43.5 Å². The van der Waals surface area contributed by atoms with Gasteiger partial charge < -0.3 is 15.5 Å². The molecule has 184 valence electrons. The normalized spacial score (nSPS) is 16.9. The summed E-state index contributed by atoms with van der Waals surface area (Å²) in [5.74, 6) is 0.447. The summed E-state index contributed by atoms with van der Waals surface area (Å²) >= 11 is 6.08. The Labute approximate surface area is 209 Å². The van der Waals surface area contributed by atoms with Crippen molar-refractivity contribution in [3.8, 4) is 0 Å². The van der Waals surface area contributed by atoms with Crippen molar-refractivity contribution >= 4 is 57.1 Å². The van der Waals surface area contributed by atoms with Gasteiger partial charge in [-0.05, 0) is 37.6 Å². The fourth-order valence-electron chi connectivity index (χ4n) is 3.81. The van der Waals surface area contributed by atoms with Crippen LogP contribution in [-0.2, 0) is 10.0 Å². The highest BCUT2D eigenvalue weighted by atomic mass is 35.5. The molecule has 1 aromatic carbocycles. The van der Waals surface area contributed by atoms with Crippen LogP contribution >= 0.6 is 24.0 Å². The number of halogens is 2. The predicted molar refractivity (Wildman–Crippen MR) is 135 cm³/mol. The quantitative estimate of drug-likeness (QED) is 0.504. The summed E-state index contributed by atoms with van der Waals surface area (Å²) in [4.78, 5) is 21.6. The third-order valence-corrected chi connectivity index (χ3v) is 6.54. The molecule has 13 heteroatoms. The van der Waals surface area contributed by atoms with E-state index in [2.05, 4.69) is 14.7 Å². The van der Waals surface area contributed by atoms with E-state index < -0.39 is 22.0 Å². The summed E-state index contributed by atoms with van der Waals surface area (Å²) in [7, 11) is -1.94. The van der Waals surface area contributed by atoms with Crippen molar-refractivity contribution in [1.82, 2.24) is 19.5 Å². The Bertz CT molecular complexity index is 1310. The van der Waals surface area contributed by atoms with Gasteiger partial charge >= 0.3 is 0 Å². The Morgan fingerprint density at radius 2 is 2.06 bits per heavy atom. The van der Waals surface area contributed by atoms with Crippen molar-refractivity contribution < 1.29 is 13.2 Å². The first kappa shape index (κ1) is 26.0. The van der Waals surface area contributed by atoms with Crippen LogP contribution in [0.4, 0.5) is 11.5 Å². The minimum Gasteiger partial charge on any atom is -0.355 e. The molecule has 1 aliphatic rings. The monoisotopic (exact) mass is 527 g/mol. The molecule has 1 saturated heterocycles. The van der Waals surface area contributed by atoms with Gasteiger partial charge in [-0.1, -0.05) is 11.6 Å². The van der Waals surface area contributed by atoms with Gasteiger partial charge in [-0.2, -0.15) is 5.10 Å². The molecule has 1 aliphatic heterocycles. The fraction of sp³-hybridized carbons (Fsp3) is 0.381. The Morgan fingerprint density at radius 3 is 2.71 bits per heavy atom. The van der Waals surface area contributed by atoms with Crippen molar-refractivity contribution in [3.05, 3.63) is 52.8 Å². The summed E-state index contributed by atoms with van der Waals surface area (Å²) in [6, 6.07) is 7.91. The Morgan fingerprint density at radius 1 is 1.32 bits per heavy atom. The second-order valence-corrected chi connectivity index (χ2v) is 10.5. The molecular weight excluding hydrogens is 501 g/mol. The number of rotatable bonds is 6. The maximum absolute atomic E-state index is 13.3. The average Bonchev–Trinajstić information content (AvgIpc) is 3.38. The van der Waals surface area contributed by atoms with Crippen LogP contribution in [0.1, 0.15) is 35.4 Å². The van der Waals surface area contributed by atoms with Gasteiger partial charge in [-0.25, -0.2) is 17.9 Å². The van der Waals surface area contributed by atoms with Gasteiger partial charge in [0.2, 0.25) is 10.0 Å². The molecule has 3 N–H and O–H groups in total. The van der Waals surface area contributed by atoms with Crippen molar-refractivity contribution in [1.29, 1.82) is 0 Å². The standard InChI is InChI=1S/C21H26ClN7O3S.ClH/c1-13(27(2)21(30)16-10-14(22)4-5-17(16)26-33(3,31)32)18-11-20-24-19(7-9-29(20)25-18)28-8-6-15(23)12-28;/h4-5,7,9-11,13,15,26H,6,8,12,23H2,1-3H3;1H/t13-,15-;/m0./s1. The Balaban J connectivity index is 0.00000324.